The zero-order valence-electron chi connectivity index (χ0n) is 11.9. The molecule has 6 heteroatoms. The molecule has 0 fully saturated rings. The molecule has 1 aromatic heterocycles. The Morgan fingerprint density at radius 3 is 2.81 bits per heavy atom. The van der Waals surface area contributed by atoms with Crippen LogP contribution in [0.2, 0.25) is 0 Å². The van der Waals surface area contributed by atoms with Gasteiger partial charge in [-0.1, -0.05) is 13.0 Å². The summed E-state index contributed by atoms with van der Waals surface area (Å²) >= 11 is 0. The summed E-state index contributed by atoms with van der Waals surface area (Å²) in [6.45, 7) is 3.80. The molecule has 108 valence electrons. The zero-order valence-corrected chi connectivity index (χ0v) is 11.9. The highest BCUT2D eigenvalue weighted by atomic mass is 19.1. The monoisotopic (exact) mass is 285 g/mol. The number of anilines is 3. The Balaban J connectivity index is 2.45. The van der Waals surface area contributed by atoms with Crippen LogP contribution in [0.3, 0.4) is 0 Å². The normalized spacial score (nSPS) is 10.2. The highest BCUT2D eigenvalue weighted by Crippen LogP contribution is 2.25. The van der Waals surface area contributed by atoms with Crippen molar-refractivity contribution in [3.05, 3.63) is 41.0 Å². The number of rotatable bonds is 4. The lowest BCUT2D eigenvalue weighted by atomic mass is 10.1. The standard InChI is InChI=1S/C15H16FN5/c1-3-5-13-20-14(18)9(2)15(21-13)19-12-7-4-6-11(16)10(12)8-17/h4,6-7H,3,5H2,1-2H3,(H3,18,19,20,21). The lowest BCUT2D eigenvalue weighted by Gasteiger charge is -2.13. The quantitative estimate of drug-likeness (QED) is 0.901. The van der Waals surface area contributed by atoms with Crippen molar-refractivity contribution in [2.45, 2.75) is 26.7 Å². The Morgan fingerprint density at radius 1 is 1.38 bits per heavy atom. The van der Waals surface area contributed by atoms with E-state index in [9.17, 15) is 4.39 Å². The van der Waals surface area contributed by atoms with E-state index in [2.05, 4.69) is 15.3 Å². The molecule has 0 aliphatic rings. The average Bonchev–Trinajstić information content (AvgIpc) is 2.45. The van der Waals surface area contributed by atoms with Gasteiger partial charge in [-0.05, 0) is 25.5 Å². The summed E-state index contributed by atoms with van der Waals surface area (Å²) in [5.41, 5.74) is 6.86. The number of nitrogens with one attached hydrogen (secondary N) is 1. The largest absolute Gasteiger partial charge is 0.383 e. The van der Waals surface area contributed by atoms with Gasteiger partial charge in [0.05, 0.1) is 5.69 Å². The summed E-state index contributed by atoms with van der Waals surface area (Å²) in [6, 6.07) is 6.25. The summed E-state index contributed by atoms with van der Waals surface area (Å²) in [5, 5.41) is 12.0. The molecule has 2 aromatic rings. The van der Waals surface area contributed by atoms with E-state index < -0.39 is 5.82 Å². The van der Waals surface area contributed by atoms with Crippen LogP contribution in [0.15, 0.2) is 18.2 Å². The summed E-state index contributed by atoms with van der Waals surface area (Å²) in [7, 11) is 0. The van der Waals surface area contributed by atoms with Gasteiger partial charge >= 0.3 is 0 Å². The fraction of sp³-hybridized carbons (Fsp3) is 0.267. The number of halogens is 1. The molecule has 0 saturated carbocycles. The maximum Gasteiger partial charge on any atom is 0.143 e. The first-order chi connectivity index (χ1) is 10.1. The van der Waals surface area contributed by atoms with Gasteiger partial charge < -0.3 is 11.1 Å². The molecular formula is C15H16FN5. The van der Waals surface area contributed by atoms with Gasteiger partial charge in [0.1, 0.15) is 34.9 Å². The van der Waals surface area contributed by atoms with E-state index in [-0.39, 0.29) is 5.56 Å². The van der Waals surface area contributed by atoms with E-state index in [0.29, 0.717) is 35.1 Å². The number of hydrogen-bond acceptors (Lipinski definition) is 5. The molecule has 0 bridgehead atoms. The predicted octanol–water partition coefficient (Wildman–Crippen LogP) is 3.07. The van der Waals surface area contributed by atoms with Crippen LogP contribution in [-0.4, -0.2) is 9.97 Å². The molecule has 21 heavy (non-hydrogen) atoms. The van der Waals surface area contributed by atoms with E-state index in [1.165, 1.54) is 12.1 Å². The Morgan fingerprint density at radius 2 is 2.14 bits per heavy atom. The summed E-state index contributed by atoms with van der Waals surface area (Å²) in [6.07, 6.45) is 1.60. The average molecular weight is 285 g/mol. The second-order valence-electron chi connectivity index (χ2n) is 4.65. The molecule has 1 aromatic carbocycles. The van der Waals surface area contributed by atoms with Crippen molar-refractivity contribution in [3.63, 3.8) is 0 Å². The van der Waals surface area contributed by atoms with E-state index in [1.54, 1.807) is 13.0 Å². The summed E-state index contributed by atoms with van der Waals surface area (Å²) in [5.74, 6) is 0.924. The Kier molecular flexibility index (Phi) is 4.33. The van der Waals surface area contributed by atoms with E-state index >= 15 is 0 Å². The number of nitrogens with zero attached hydrogens (tertiary/aromatic N) is 3. The van der Waals surface area contributed by atoms with Gasteiger partial charge in [0.2, 0.25) is 0 Å². The van der Waals surface area contributed by atoms with Crippen LogP contribution >= 0.6 is 0 Å². The molecule has 0 amide bonds. The molecule has 3 N–H and O–H groups in total. The van der Waals surface area contributed by atoms with Crippen LogP contribution in [0, 0.1) is 24.1 Å². The number of nitrogens with two attached hydrogens (primary N) is 1. The Hall–Kier alpha value is -2.68. The number of aryl methyl sites for hydroxylation is 1. The Bertz CT molecular complexity index is 706. The smallest absolute Gasteiger partial charge is 0.143 e. The van der Waals surface area contributed by atoms with Crippen LogP contribution in [0.1, 0.15) is 30.3 Å². The van der Waals surface area contributed by atoms with Gasteiger partial charge in [0.15, 0.2) is 0 Å². The fourth-order valence-electron chi connectivity index (χ4n) is 1.91. The summed E-state index contributed by atoms with van der Waals surface area (Å²) in [4.78, 5) is 8.60. The fourth-order valence-corrected chi connectivity index (χ4v) is 1.91. The number of benzene rings is 1. The molecule has 2 rings (SSSR count). The minimum absolute atomic E-state index is 0.0499. The van der Waals surface area contributed by atoms with Crippen molar-refractivity contribution in [3.8, 4) is 6.07 Å². The van der Waals surface area contributed by atoms with E-state index in [0.717, 1.165) is 6.42 Å². The lowest BCUT2D eigenvalue weighted by molar-refractivity contribution is 0.624. The predicted molar refractivity (Wildman–Crippen MR) is 79.6 cm³/mol. The van der Waals surface area contributed by atoms with E-state index in [1.807, 2.05) is 13.0 Å². The topological polar surface area (TPSA) is 87.6 Å². The van der Waals surface area contributed by atoms with Crippen LogP contribution in [0.5, 0.6) is 0 Å². The first kappa shape index (κ1) is 14.7. The SMILES string of the molecule is CCCc1nc(N)c(C)c(Nc2cccc(F)c2C#N)n1. The van der Waals surface area contributed by atoms with Crippen LogP contribution < -0.4 is 11.1 Å². The third kappa shape index (κ3) is 3.08. The zero-order chi connectivity index (χ0) is 15.4. The first-order valence-corrected chi connectivity index (χ1v) is 6.65. The second-order valence-corrected chi connectivity index (χ2v) is 4.65. The second kappa shape index (κ2) is 6.18. The molecule has 0 aliphatic heterocycles. The molecule has 0 spiro atoms. The van der Waals surface area contributed by atoms with Crippen molar-refractivity contribution >= 4 is 17.3 Å². The maximum absolute atomic E-state index is 13.6. The molecule has 0 radical (unpaired) electrons. The van der Waals surface area contributed by atoms with Crippen LogP contribution in [0.4, 0.5) is 21.7 Å². The van der Waals surface area contributed by atoms with Gasteiger partial charge in [-0.2, -0.15) is 5.26 Å². The molecule has 5 nitrogen and oxygen atoms in total. The van der Waals surface area contributed by atoms with Crippen molar-refractivity contribution in [2.24, 2.45) is 0 Å². The van der Waals surface area contributed by atoms with Gasteiger partial charge in [-0.25, -0.2) is 14.4 Å². The first-order valence-electron chi connectivity index (χ1n) is 6.65. The number of nitrogen functional groups attached to an aromatic ring is 1. The summed E-state index contributed by atoms with van der Waals surface area (Å²) < 4.78 is 13.6. The number of hydrogen-bond donors (Lipinski definition) is 2. The van der Waals surface area contributed by atoms with Gasteiger partial charge in [-0.3, -0.25) is 0 Å². The number of nitriles is 1. The van der Waals surface area contributed by atoms with Crippen LogP contribution in [0.25, 0.3) is 0 Å². The molecular weight excluding hydrogens is 269 g/mol. The third-order valence-corrected chi connectivity index (χ3v) is 3.08. The van der Waals surface area contributed by atoms with Crippen molar-refractivity contribution in [1.82, 2.24) is 9.97 Å². The Labute approximate surface area is 122 Å². The highest BCUT2D eigenvalue weighted by molar-refractivity contribution is 5.68. The van der Waals surface area contributed by atoms with Gasteiger partial charge in [-0.15, -0.1) is 0 Å². The van der Waals surface area contributed by atoms with Crippen molar-refractivity contribution in [1.29, 1.82) is 5.26 Å². The molecule has 0 unspecified atom stereocenters. The van der Waals surface area contributed by atoms with Gasteiger partial charge in [0, 0.05) is 12.0 Å². The minimum atomic E-state index is -0.573. The highest BCUT2D eigenvalue weighted by Gasteiger charge is 2.12. The lowest BCUT2D eigenvalue weighted by Crippen LogP contribution is -2.08. The maximum atomic E-state index is 13.6. The van der Waals surface area contributed by atoms with E-state index in [4.69, 9.17) is 11.0 Å². The molecule has 0 saturated heterocycles. The van der Waals surface area contributed by atoms with Crippen molar-refractivity contribution in [2.75, 3.05) is 11.1 Å². The number of aromatic nitrogens is 2. The minimum Gasteiger partial charge on any atom is -0.383 e. The molecule has 0 atom stereocenters. The van der Waals surface area contributed by atoms with Crippen molar-refractivity contribution < 1.29 is 4.39 Å². The van der Waals surface area contributed by atoms with Gasteiger partial charge in [0.25, 0.3) is 0 Å². The van der Waals surface area contributed by atoms with Crippen LogP contribution in [-0.2, 0) is 6.42 Å². The third-order valence-electron chi connectivity index (χ3n) is 3.08. The molecule has 1 heterocycles. The molecule has 0 aliphatic carbocycles.